The highest BCUT2D eigenvalue weighted by Gasteiger charge is 2.32. The first-order chi connectivity index (χ1) is 11.4. The molecule has 2 rings (SSSR count). The zero-order valence-electron chi connectivity index (χ0n) is 14.2. The van der Waals surface area contributed by atoms with Gasteiger partial charge in [0.1, 0.15) is 12.6 Å². The number of hydrogen-bond donors (Lipinski definition) is 2. The van der Waals surface area contributed by atoms with Crippen molar-refractivity contribution in [1.29, 1.82) is 0 Å². The third-order valence-electron chi connectivity index (χ3n) is 3.99. The molecule has 1 atom stereocenters. The van der Waals surface area contributed by atoms with Crippen LogP contribution in [-0.4, -0.2) is 44.1 Å². The average Bonchev–Trinajstić information content (AvgIpc) is 3.00. The summed E-state index contributed by atoms with van der Waals surface area (Å²) in [5.74, 6) is -0.789. The molecule has 1 aromatic carbocycles. The molecular formula is C17H23N3O4. The molecule has 0 aliphatic carbocycles. The highest BCUT2D eigenvalue weighted by atomic mass is 16.5. The lowest BCUT2D eigenvalue weighted by molar-refractivity contribution is -0.139. The minimum absolute atomic E-state index is 0.0888. The van der Waals surface area contributed by atoms with Gasteiger partial charge >= 0.3 is 12.0 Å². The molecule has 130 valence electrons. The highest BCUT2D eigenvalue weighted by molar-refractivity contribution is 6.00. The second kappa shape index (κ2) is 7.81. The first kappa shape index (κ1) is 17.8. The number of carbonyl (C=O) groups is 3. The Balaban J connectivity index is 2.04. The van der Waals surface area contributed by atoms with Gasteiger partial charge in [0.2, 0.25) is 5.91 Å². The molecule has 0 radical (unpaired) electrons. The second-order valence-electron chi connectivity index (χ2n) is 5.99. The van der Waals surface area contributed by atoms with Crippen molar-refractivity contribution < 1.29 is 19.1 Å². The maximum absolute atomic E-state index is 12.9. The zero-order valence-corrected chi connectivity index (χ0v) is 14.2. The largest absolute Gasteiger partial charge is 0.468 e. The lowest BCUT2D eigenvalue weighted by Gasteiger charge is -2.27. The number of rotatable bonds is 5. The van der Waals surface area contributed by atoms with E-state index in [1.165, 1.54) is 7.11 Å². The number of ether oxygens (including phenoxy) is 1. The standard InChI is InChI=1S/C17H23N3O4/c1-11(2)15(19-17(23)18-10-14(21)24-3)16(22)20-9-8-12-6-4-5-7-13(12)20/h4-7,11,15H,8-10H2,1-3H3,(H2,18,19,23). The molecular weight excluding hydrogens is 310 g/mol. The van der Waals surface area contributed by atoms with Crippen molar-refractivity contribution in [2.75, 3.05) is 25.1 Å². The van der Waals surface area contributed by atoms with Gasteiger partial charge in [-0.3, -0.25) is 9.59 Å². The Hall–Kier alpha value is -2.57. The van der Waals surface area contributed by atoms with E-state index in [0.717, 1.165) is 17.7 Å². The van der Waals surface area contributed by atoms with Gasteiger partial charge in [-0.1, -0.05) is 32.0 Å². The second-order valence-corrected chi connectivity index (χ2v) is 5.99. The third-order valence-corrected chi connectivity index (χ3v) is 3.99. The van der Waals surface area contributed by atoms with E-state index in [1.54, 1.807) is 4.90 Å². The van der Waals surface area contributed by atoms with E-state index in [9.17, 15) is 14.4 Å². The van der Waals surface area contributed by atoms with Gasteiger partial charge < -0.3 is 20.3 Å². The number of carbonyl (C=O) groups excluding carboxylic acids is 3. The summed E-state index contributed by atoms with van der Waals surface area (Å²) in [5, 5.41) is 5.04. The van der Waals surface area contributed by atoms with E-state index in [0.29, 0.717) is 6.54 Å². The van der Waals surface area contributed by atoms with E-state index in [4.69, 9.17) is 0 Å². The number of fused-ring (bicyclic) bond motifs is 1. The van der Waals surface area contributed by atoms with Crippen LogP contribution in [0.4, 0.5) is 10.5 Å². The number of amides is 3. The van der Waals surface area contributed by atoms with Crippen LogP contribution in [0.15, 0.2) is 24.3 Å². The van der Waals surface area contributed by atoms with Crippen LogP contribution in [0.25, 0.3) is 0 Å². The number of methoxy groups -OCH3 is 1. The van der Waals surface area contributed by atoms with Gasteiger partial charge in [0.05, 0.1) is 7.11 Å². The summed E-state index contributed by atoms with van der Waals surface area (Å²) in [5.41, 5.74) is 2.02. The lowest BCUT2D eigenvalue weighted by atomic mass is 10.0. The van der Waals surface area contributed by atoms with Crippen molar-refractivity contribution in [1.82, 2.24) is 10.6 Å². The van der Waals surface area contributed by atoms with Crippen LogP contribution in [0.5, 0.6) is 0 Å². The number of nitrogens with zero attached hydrogens (tertiary/aromatic N) is 1. The summed E-state index contributed by atoms with van der Waals surface area (Å²) in [6.45, 7) is 4.09. The molecule has 0 saturated heterocycles. The number of anilines is 1. The Kier molecular flexibility index (Phi) is 5.78. The summed E-state index contributed by atoms with van der Waals surface area (Å²) in [4.78, 5) is 37.6. The zero-order chi connectivity index (χ0) is 17.7. The topological polar surface area (TPSA) is 87.7 Å². The fraction of sp³-hybridized carbons (Fsp3) is 0.471. The van der Waals surface area contributed by atoms with Crippen molar-refractivity contribution >= 4 is 23.6 Å². The van der Waals surface area contributed by atoms with Gasteiger partial charge in [0.25, 0.3) is 0 Å². The average molecular weight is 333 g/mol. The first-order valence-corrected chi connectivity index (χ1v) is 7.94. The number of para-hydroxylation sites is 1. The summed E-state index contributed by atoms with van der Waals surface area (Å²) in [6.07, 6.45) is 0.807. The van der Waals surface area contributed by atoms with Gasteiger partial charge in [0.15, 0.2) is 0 Å². The van der Waals surface area contributed by atoms with E-state index < -0.39 is 18.0 Å². The van der Waals surface area contributed by atoms with Gasteiger partial charge in [0, 0.05) is 12.2 Å². The molecule has 0 fully saturated rings. The molecule has 0 spiro atoms. The van der Waals surface area contributed by atoms with E-state index in [1.807, 2.05) is 38.1 Å². The predicted octanol–water partition coefficient (Wildman–Crippen LogP) is 1.07. The summed E-state index contributed by atoms with van der Waals surface area (Å²) < 4.78 is 4.46. The van der Waals surface area contributed by atoms with Crippen molar-refractivity contribution in [3.63, 3.8) is 0 Å². The summed E-state index contributed by atoms with van der Waals surface area (Å²) >= 11 is 0. The summed E-state index contributed by atoms with van der Waals surface area (Å²) in [7, 11) is 1.24. The summed E-state index contributed by atoms with van der Waals surface area (Å²) in [6, 6.07) is 6.52. The molecule has 1 aromatic rings. The monoisotopic (exact) mass is 333 g/mol. The molecule has 24 heavy (non-hydrogen) atoms. The van der Waals surface area contributed by atoms with Crippen LogP contribution in [-0.2, 0) is 20.7 Å². The Bertz CT molecular complexity index is 630. The van der Waals surface area contributed by atoms with Crippen LogP contribution in [0.2, 0.25) is 0 Å². The lowest BCUT2D eigenvalue weighted by Crippen LogP contribution is -2.54. The van der Waals surface area contributed by atoms with Crippen LogP contribution in [0, 0.1) is 5.92 Å². The maximum atomic E-state index is 12.9. The number of hydrogen-bond acceptors (Lipinski definition) is 4. The molecule has 3 amide bonds. The molecule has 2 N–H and O–H groups in total. The first-order valence-electron chi connectivity index (χ1n) is 7.94. The van der Waals surface area contributed by atoms with Gasteiger partial charge in [-0.05, 0) is 24.0 Å². The van der Waals surface area contributed by atoms with Gasteiger partial charge in [-0.25, -0.2) is 4.79 Å². The SMILES string of the molecule is COC(=O)CNC(=O)NC(C(=O)N1CCc2ccccc21)C(C)C. The van der Waals surface area contributed by atoms with Crippen LogP contribution in [0.3, 0.4) is 0 Å². The molecule has 7 heteroatoms. The Morgan fingerprint density at radius 3 is 2.62 bits per heavy atom. The highest BCUT2D eigenvalue weighted by Crippen LogP contribution is 2.28. The molecule has 0 aromatic heterocycles. The minimum Gasteiger partial charge on any atom is -0.468 e. The third kappa shape index (κ3) is 4.04. The van der Waals surface area contributed by atoms with Crippen LogP contribution < -0.4 is 15.5 Å². The fourth-order valence-electron chi connectivity index (χ4n) is 2.67. The van der Waals surface area contributed by atoms with Crippen molar-refractivity contribution in [3.8, 4) is 0 Å². The minimum atomic E-state index is -0.672. The molecule has 7 nitrogen and oxygen atoms in total. The Labute approximate surface area is 141 Å². The van der Waals surface area contributed by atoms with Crippen molar-refractivity contribution in [2.45, 2.75) is 26.3 Å². The molecule has 1 aliphatic heterocycles. The normalized spacial score (nSPS) is 14.1. The molecule has 1 unspecified atom stereocenters. The molecule has 1 heterocycles. The van der Waals surface area contributed by atoms with E-state index >= 15 is 0 Å². The van der Waals surface area contributed by atoms with Crippen molar-refractivity contribution in [3.05, 3.63) is 29.8 Å². The van der Waals surface area contributed by atoms with Gasteiger partial charge in [-0.2, -0.15) is 0 Å². The van der Waals surface area contributed by atoms with Gasteiger partial charge in [-0.15, -0.1) is 0 Å². The number of benzene rings is 1. The Morgan fingerprint density at radius 1 is 1.25 bits per heavy atom. The Morgan fingerprint density at radius 2 is 1.96 bits per heavy atom. The molecule has 0 bridgehead atoms. The molecule has 1 aliphatic rings. The predicted molar refractivity (Wildman–Crippen MR) is 89.7 cm³/mol. The quantitative estimate of drug-likeness (QED) is 0.789. The number of urea groups is 1. The van der Waals surface area contributed by atoms with Crippen LogP contribution >= 0.6 is 0 Å². The van der Waals surface area contributed by atoms with Crippen molar-refractivity contribution in [2.24, 2.45) is 5.92 Å². The van der Waals surface area contributed by atoms with Crippen LogP contribution in [0.1, 0.15) is 19.4 Å². The molecule has 0 saturated carbocycles. The smallest absolute Gasteiger partial charge is 0.325 e. The van der Waals surface area contributed by atoms with E-state index in [-0.39, 0.29) is 18.4 Å². The number of nitrogens with one attached hydrogen (secondary N) is 2. The maximum Gasteiger partial charge on any atom is 0.325 e. The van der Waals surface area contributed by atoms with E-state index in [2.05, 4.69) is 15.4 Å². The number of esters is 1. The fourth-order valence-corrected chi connectivity index (χ4v) is 2.67.